The van der Waals surface area contributed by atoms with Crippen molar-refractivity contribution in [2.45, 2.75) is 34.1 Å². The maximum absolute atomic E-state index is 2.41. The number of fused-ring (bicyclic) bond motifs is 5. The van der Waals surface area contributed by atoms with E-state index in [0.717, 1.165) is 0 Å². The second-order valence-corrected chi connectivity index (χ2v) is 12.3. The number of hydrogen-bond donors (Lipinski definition) is 0. The Bertz CT molecular complexity index is 1120. The van der Waals surface area contributed by atoms with Crippen LogP contribution in [0.25, 0.3) is 20.9 Å². The van der Waals surface area contributed by atoms with E-state index in [4.69, 9.17) is 0 Å². The van der Waals surface area contributed by atoms with Gasteiger partial charge in [0.2, 0.25) is 0 Å². The number of aryl methyl sites for hydroxylation is 2. The van der Waals surface area contributed by atoms with Crippen molar-refractivity contribution < 1.29 is 0 Å². The molecule has 0 spiro atoms. The van der Waals surface area contributed by atoms with Crippen LogP contribution >= 0.6 is 46.2 Å². The maximum atomic E-state index is 2.41. The zero-order valence-electron chi connectivity index (χ0n) is 15.6. The average molecular weight is 435 g/mol. The fraction of sp³-hybridized carbons (Fsp3) is 0.167. The van der Waals surface area contributed by atoms with Gasteiger partial charge in [0.05, 0.1) is 10.5 Å². The first kappa shape index (κ1) is 17.4. The molecule has 2 aromatic heterocycles. The molecule has 0 amide bonds. The minimum Gasteiger partial charge on any atom is -0.141 e. The zero-order valence-corrected chi connectivity index (χ0v) is 18.8. The fourth-order valence-corrected chi connectivity index (χ4v) is 9.09. The van der Waals surface area contributed by atoms with Crippen molar-refractivity contribution in [3.8, 4) is 20.9 Å². The first-order valence-electron chi connectivity index (χ1n) is 9.40. The van der Waals surface area contributed by atoms with Crippen LogP contribution in [0.4, 0.5) is 0 Å². The Morgan fingerprint density at radius 3 is 1.43 bits per heavy atom. The molecule has 0 aliphatic carbocycles. The van der Waals surface area contributed by atoms with Crippen LogP contribution in [0.1, 0.15) is 31.4 Å². The highest BCUT2D eigenvalue weighted by Gasteiger charge is 2.41. The van der Waals surface area contributed by atoms with Crippen molar-refractivity contribution in [2.75, 3.05) is 0 Å². The predicted molar refractivity (Wildman–Crippen MR) is 126 cm³/mol. The van der Waals surface area contributed by atoms with Crippen molar-refractivity contribution in [3.05, 3.63) is 81.5 Å². The SMILES string of the molecule is Cc1ccc(-c2ccc3c(c2)SC2c4ccc(-c5ccc(C)s5)cc4SC32)s1. The molecule has 0 bridgehead atoms. The first-order valence-corrected chi connectivity index (χ1v) is 12.8. The summed E-state index contributed by atoms with van der Waals surface area (Å²) in [6, 6.07) is 23.1. The van der Waals surface area contributed by atoms with E-state index in [-0.39, 0.29) is 0 Å². The lowest BCUT2D eigenvalue weighted by Gasteiger charge is -2.08. The third-order valence-electron chi connectivity index (χ3n) is 5.47. The number of thiophene rings is 2. The summed E-state index contributed by atoms with van der Waals surface area (Å²) in [5.41, 5.74) is 5.75. The molecular formula is C24H18S4. The van der Waals surface area contributed by atoms with E-state index < -0.39 is 0 Å². The molecule has 0 radical (unpaired) electrons. The van der Waals surface area contributed by atoms with Gasteiger partial charge in [0.15, 0.2) is 0 Å². The topological polar surface area (TPSA) is 0 Å². The molecular weight excluding hydrogens is 417 g/mol. The molecule has 4 heterocycles. The van der Waals surface area contributed by atoms with E-state index in [9.17, 15) is 0 Å². The third kappa shape index (κ3) is 2.73. The lowest BCUT2D eigenvalue weighted by Crippen LogP contribution is -1.91. The highest BCUT2D eigenvalue weighted by atomic mass is 32.2. The molecule has 2 aliphatic heterocycles. The third-order valence-corrected chi connectivity index (χ3v) is 10.5. The Hall–Kier alpha value is -1.46. The van der Waals surface area contributed by atoms with Gasteiger partial charge in [0.1, 0.15) is 0 Å². The minimum atomic E-state index is 0.550. The molecule has 4 heteroatoms. The molecule has 0 nitrogen and oxygen atoms in total. The van der Waals surface area contributed by atoms with Gasteiger partial charge < -0.3 is 0 Å². The Morgan fingerprint density at radius 1 is 0.571 bits per heavy atom. The van der Waals surface area contributed by atoms with E-state index in [1.165, 1.54) is 51.6 Å². The van der Waals surface area contributed by atoms with Crippen molar-refractivity contribution in [1.82, 2.24) is 0 Å². The summed E-state index contributed by atoms with van der Waals surface area (Å²) in [6.07, 6.45) is 0. The molecule has 6 rings (SSSR count). The van der Waals surface area contributed by atoms with Crippen LogP contribution in [-0.2, 0) is 0 Å². The van der Waals surface area contributed by atoms with Gasteiger partial charge in [0, 0.05) is 29.3 Å². The fourth-order valence-electron chi connectivity index (χ4n) is 4.08. The zero-order chi connectivity index (χ0) is 18.8. The Kier molecular flexibility index (Phi) is 4.06. The van der Waals surface area contributed by atoms with Gasteiger partial charge in [-0.2, -0.15) is 0 Å². The van der Waals surface area contributed by atoms with Crippen molar-refractivity contribution in [1.29, 1.82) is 0 Å². The van der Waals surface area contributed by atoms with Crippen LogP contribution in [0.2, 0.25) is 0 Å². The molecule has 2 unspecified atom stereocenters. The molecule has 0 saturated heterocycles. The summed E-state index contributed by atoms with van der Waals surface area (Å²) in [5.74, 6) is 0. The van der Waals surface area contributed by atoms with Gasteiger partial charge in [-0.25, -0.2) is 0 Å². The highest BCUT2D eigenvalue weighted by Crippen LogP contribution is 2.66. The van der Waals surface area contributed by atoms with Crippen LogP contribution in [0.5, 0.6) is 0 Å². The summed E-state index contributed by atoms with van der Waals surface area (Å²) in [6.45, 7) is 4.36. The maximum Gasteiger partial charge on any atom is 0.0519 e. The molecule has 138 valence electrons. The quantitative estimate of drug-likeness (QED) is 0.309. The number of benzene rings is 2. The molecule has 2 aromatic carbocycles. The van der Waals surface area contributed by atoms with E-state index in [1.54, 1.807) is 0 Å². The van der Waals surface area contributed by atoms with Gasteiger partial charge in [0.25, 0.3) is 0 Å². The highest BCUT2D eigenvalue weighted by molar-refractivity contribution is 8.05. The largest absolute Gasteiger partial charge is 0.141 e. The van der Waals surface area contributed by atoms with E-state index in [2.05, 4.69) is 98.0 Å². The molecule has 0 saturated carbocycles. The smallest absolute Gasteiger partial charge is 0.0519 e. The van der Waals surface area contributed by atoms with Crippen LogP contribution in [0, 0.1) is 13.8 Å². The van der Waals surface area contributed by atoms with Crippen LogP contribution in [0.15, 0.2) is 70.5 Å². The number of rotatable bonds is 2. The van der Waals surface area contributed by atoms with Gasteiger partial charge in [-0.1, -0.05) is 24.3 Å². The summed E-state index contributed by atoms with van der Waals surface area (Å²) in [7, 11) is 0. The van der Waals surface area contributed by atoms with Gasteiger partial charge >= 0.3 is 0 Å². The molecule has 4 aromatic rings. The van der Waals surface area contributed by atoms with Crippen LogP contribution < -0.4 is 0 Å². The van der Waals surface area contributed by atoms with Gasteiger partial charge in [-0.15, -0.1) is 46.2 Å². The van der Waals surface area contributed by atoms with Crippen molar-refractivity contribution in [2.24, 2.45) is 0 Å². The molecule has 0 N–H and O–H groups in total. The lowest BCUT2D eigenvalue weighted by molar-refractivity contribution is 0.939. The number of hydrogen-bond acceptors (Lipinski definition) is 4. The number of thioether (sulfide) groups is 2. The Labute approximate surface area is 182 Å². The Balaban J connectivity index is 1.34. The second kappa shape index (κ2) is 6.53. The van der Waals surface area contributed by atoms with E-state index in [1.807, 2.05) is 22.7 Å². The van der Waals surface area contributed by atoms with Crippen molar-refractivity contribution >= 4 is 46.2 Å². The van der Waals surface area contributed by atoms with Gasteiger partial charge in [-0.3, -0.25) is 0 Å². The van der Waals surface area contributed by atoms with Gasteiger partial charge in [-0.05, 0) is 72.5 Å². The summed E-state index contributed by atoms with van der Waals surface area (Å²) < 4.78 is 0. The summed E-state index contributed by atoms with van der Waals surface area (Å²) in [5, 5.41) is 1.10. The molecule has 28 heavy (non-hydrogen) atoms. The van der Waals surface area contributed by atoms with Crippen LogP contribution in [-0.4, -0.2) is 0 Å². The van der Waals surface area contributed by atoms with E-state index in [0.29, 0.717) is 10.5 Å². The monoisotopic (exact) mass is 434 g/mol. The normalized spacial score (nSPS) is 19.5. The molecule has 2 atom stereocenters. The predicted octanol–water partition coefficient (Wildman–Crippen LogP) is 8.75. The minimum absolute atomic E-state index is 0.550. The summed E-state index contributed by atoms with van der Waals surface area (Å²) >= 11 is 7.88. The lowest BCUT2D eigenvalue weighted by atomic mass is 10.0. The van der Waals surface area contributed by atoms with Crippen molar-refractivity contribution in [3.63, 3.8) is 0 Å². The Morgan fingerprint density at radius 2 is 1.04 bits per heavy atom. The standard InChI is InChI=1S/C24H18S4/c1-13-3-9-19(25-13)15-5-7-17-21(11-15)27-24-18-8-6-16(12-22(18)28-23(17)24)20-10-4-14(2)26-20/h3-12,23-24H,1-2H3. The summed E-state index contributed by atoms with van der Waals surface area (Å²) in [4.78, 5) is 8.44. The average Bonchev–Trinajstić information content (AvgIpc) is 3.44. The second-order valence-electron chi connectivity index (χ2n) is 7.40. The van der Waals surface area contributed by atoms with Crippen LogP contribution in [0.3, 0.4) is 0 Å². The molecule has 0 fully saturated rings. The molecule has 2 aliphatic rings. The van der Waals surface area contributed by atoms with E-state index >= 15 is 0 Å². The first-order chi connectivity index (χ1) is 13.7.